The van der Waals surface area contributed by atoms with Gasteiger partial charge < -0.3 is 15.0 Å². The summed E-state index contributed by atoms with van der Waals surface area (Å²) in [5.74, 6) is 0.434. The van der Waals surface area contributed by atoms with Gasteiger partial charge in [-0.3, -0.25) is 4.79 Å². The number of nitrogens with zero attached hydrogens (tertiary/aromatic N) is 2. The Morgan fingerprint density at radius 1 is 1.06 bits per heavy atom. The van der Waals surface area contributed by atoms with E-state index in [4.69, 9.17) is 16.3 Å². The van der Waals surface area contributed by atoms with Crippen LogP contribution in [-0.2, 0) is 21.2 Å². The second-order valence-corrected chi connectivity index (χ2v) is 9.75. The molecule has 1 fully saturated rings. The first-order chi connectivity index (χ1) is 14.9. The number of sulfonamides is 1. The number of para-hydroxylation sites is 1. The molecule has 0 radical (unpaired) electrons. The molecule has 0 bridgehead atoms. The minimum Gasteiger partial charge on any atom is -0.494 e. The fourth-order valence-corrected chi connectivity index (χ4v) is 5.08. The van der Waals surface area contributed by atoms with E-state index in [0.29, 0.717) is 37.8 Å². The molecule has 0 aliphatic carbocycles. The van der Waals surface area contributed by atoms with E-state index in [1.165, 1.54) is 4.31 Å². The van der Waals surface area contributed by atoms with Crippen LogP contribution in [0.25, 0.3) is 0 Å². The second kappa shape index (κ2) is 10.8. The molecule has 1 N–H and O–H groups in total. The molecular formula is C22H28ClN3O4S. The third-order valence-corrected chi connectivity index (χ3v) is 7.30. The van der Waals surface area contributed by atoms with Gasteiger partial charge in [0.1, 0.15) is 5.75 Å². The minimum atomic E-state index is -3.44. The Kier molecular flexibility index (Phi) is 8.17. The summed E-state index contributed by atoms with van der Waals surface area (Å²) in [6, 6.07) is 14.9. The largest absolute Gasteiger partial charge is 0.494 e. The number of amides is 1. The number of benzene rings is 2. The maximum Gasteiger partial charge on any atom is 0.224 e. The van der Waals surface area contributed by atoms with Crippen LogP contribution in [0.1, 0.15) is 12.5 Å². The third-order valence-electron chi connectivity index (χ3n) is 5.11. The standard InChI is InChI=1S/C22H28ClN3O4S/c1-2-30-19-9-7-18(8-10-19)17-22(27)24-11-16-31(28,29)26-14-12-25(13-15-26)21-6-4-3-5-20(21)23/h3-10H,2,11-17H2,1H3,(H,24,27). The van der Waals surface area contributed by atoms with Crippen molar-refractivity contribution in [2.24, 2.45) is 0 Å². The van der Waals surface area contributed by atoms with Crippen LogP contribution in [0.5, 0.6) is 5.75 Å². The molecule has 168 valence electrons. The Morgan fingerprint density at radius 3 is 2.39 bits per heavy atom. The molecule has 1 saturated heterocycles. The summed E-state index contributed by atoms with van der Waals surface area (Å²) in [5, 5.41) is 3.37. The maximum atomic E-state index is 12.7. The summed E-state index contributed by atoms with van der Waals surface area (Å²) in [5.41, 5.74) is 1.77. The highest BCUT2D eigenvalue weighted by Gasteiger charge is 2.27. The smallest absolute Gasteiger partial charge is 0.224 e. The zero-order valence-corrected chi connectivity index (χ0v) is 19.2. The maximum absolute atomic E-state index is 12.7. The first-order valence-electron chi connectivity index (χ1n) is 10.3. The number of carbonyl (C=O) groups is 1. The molecule has 1 aliphatic rings. The van der Waals surface area contributed by atoms with Gasteiger partial charge in [0.2, 0.25) is 15.9 Å². The fourth-order valence-electron chi connectivity index (χ4n) is 3.48. The number of halogens is 1. The van der Waals surface area contributed by atoms with Gasteiger partial charge >= 0.3 is 0 Å². The molecule has 0 saturated carbocycles. The van der Waals surface area contributed by atoms with E-state index in [1.54, 1.807) is 0 Å². The zero-order chi connectivity index (χ0) is 22.3. The summed E-state index contributed by atoms with van der Waals surface area (Å²) < 4.78 is 32.2. The summed E-state index contributed by atoms with van der Waals surface area (Å²) in [6.45, 7) is 4.53. The van der Waals surface area contributed by atoms with Crippen molar-refractivity contribution in [3.05, 3.63) is 59.1 Å². The van der Waals surface area contributed by atoms with Gasteiger partial charge in [0, 0.05) is 32.7 Å². The Morgan fingerprint density at radius 2 is 1.74 bits per heavy atom. The molecule has 3 rings (SSSR count). The number of ether oxygens (including phenoxy) is 1. The van der Waals surface area contributed by atoms with Crippen molar-refractivity contribution in [2.45, 2.75) is 13.3 Å². The molecule has 1 aliphatic heterocycles. The first-order valence-corrected chi connectivity index (χ1v) is 12.3. The predicted octanol–water partition coefficient (Wildman–Crippen LogP) is 2.55. The first kappa shape index (κ1) is 23.4. The molecule has 1 amide bonds. The van der Waals surface area contributed by atoms with E-state index in [0.717, 1.165) is 17.0 Å². The molecule has 0 aromatic heterocycles. The summed E-state index contributed by atoms with van der Waals surface area (Å²) in [4.78, 5) is 14.2. The van der Waals surface area contributed by atoms with Crippen LogP contribution in [0.15, 0.2) is 48.5 Å². The van der Waals surface area contributed by atoms with Crippen LogP contribution in [0, 0.1) is 0 Å². The van der Waals surface area contributed by atoms with E-state index in [-0.39, 0.29) is 24.6 Å². The van der Waals surface area contributed by atoms with E-state index in [9.17, 15) is 13.2 Å². The number of hydrogen-bond acceptors (Lipinski definition) is 5. The normalized spacial score (nSPS) is 15.0. The number of rotatable bonds is 9. The van der Waals surface area contributed by atoms with Gasteiger partial charge in [-0.05, 0) is 36.8 Å². The number of anilines is 1. The van der Waals surface area contributed by atoms with Crippen molar-refractivity contribution in [3.8, 4) is 5.75 Å². The molecule has 2 aromatic carbocycles. The van der Waals surface area contributed by atoms with E-state index >= 15 is 0 Å². The topological polar surface area (TPSA) is 78.9 Å². The van der Waals surface area contributed by atoms with Crippen molar-refractivity contribution in [1.82, 2.24) is 9.62 Å². The van der Waals surface area contributed by atoms with E-state index in [1.807, 2.05) is 55.5 Å². The van der Waals surface area contributed by atoms with Gasteiger partial charge in [0.05, 0.1) is 29.5 Å². The van der Waals surface area contributed by atoms with Crippen LogP contribution in [0.4, 0.5) is 5.69 Å². The number of piperazine rings is 1. The number of hydrogen-bond donors (Lipinski definition) is 1. The van der Waals surface area contributed by atoms with Crippen molar-refractivity contribution in [2.75, 3.05) is 50.0 Å². The number of nitrogens with one attached hydrogen (secondary N) is 1. The zero-order valence-electron chi connectivity index (χ0n) is 17.6. The van der Waals surface area contributed by atoms with Crippen LogP contribution < -0.4 is 15.0 Å². The highest BCUT2D eigenvalue weighted by Crippen LogP contribution is 2.26. The lowest BCUT2D eigenvalue weighted by Crippen LogP contribution is -2.50. The summed E-state index contributed by atoms with van der Waals surface area (Å²) in [7, 11) is -3.44. The van der Waals surface area contributed by atoms with Crippen LogP contribution in [0.3, 0.4) is 0 Å². The molecule has 7 nitrogen and oxygen atoms in total. The Balaban J connectivity index is 1.43. The molecule has 31 heavy (non-hydrogen) atoms. The summed E-state index contributed by atoms with van der Waals surface area (Å²) in [6.07, 6.45) is 0.197. The quantitative estimate of drug-likeness (QED) is 0.615. The Bertz CT molecular complexity index is 975. The average molecular weight is 466 g/mol. The lowest BCUT2D eigenvalue weighted by molar-refractivity contribution is -0.120. The Hall–Kier alpha value is -2.29. The summed E-state index contributed by atoms with van der Waals surface area (Å²) >= 11 is 6.24. The molecule has 1 heterocycles. The molecule has 9 heteroatoms. The monoisotopic (exact) mass is 465 g/mol. The van der Waals surface area contributed by atoms with Crippen molar-refractivity contribution in [3.63, 3.8) is 0 Å². The van der Waals surface area contributed by atoms with Gasteiger partial charge in [-0.2, -0.15) is 4.31 Å². The van der Waals surface area contributed by atoms with Gasteiger partial charge in [0.25, 0.3) is 0 Å². The highest BCUT2D eigenvalue weighted by molar-refractivity contribution is 7.89. The fraction of sp³-hybridized carbons (Fsp3) is 0.409. The van der Waals surface area contributed by atoms with Crippen molar-refractivity contribution >= 4 is 33.2 Å². The lowest BCUT2D eigenvalue weighted by atomic mass is 10.1. The van der Waals surface area contributed by atoms with E-state index in [2.05, 4.69) is 10.2 Å². The predicted molar refractivity (Wildman–Crippen MR) is 123 cm³/mol. The highest BCUT2D eigenvalue weighted by atomic mass is 35.5. The molecule has 0 spiro atoms. The molecule has 2 aromatic rings. The Labute approximate surface area is 189 Å². The SMILES string of the molecule is CCOc1ccc(CC(=O)NCCS(=O)(=O)N2CCN(c3ccccc3Cl)CC2)cc1. The van der Waals surface area contributed by atoms with Crippen LogP contribution in [0.2, 0.25) is 5.02 Å². The minimum absolute atomic E-state index is 0.0862. The van der Waals surface area contributed by atoms with Gasteiger partial charge in [-0.1, -0.05) is 35.9 Å². The van der Waals surface area contributed by atoms with Crippen molar-refractivity contribution < 1.29 is 17.9 Å². The van der Waals surface area contributed by atoms with Gasteiger partial charge in [0.15, 0.2) is 0 Å². The second-order valence-electron chi connectivity index (χ2n) is 7.26. The lowest BCUT2D eigenvalue weighted by Gasteiger charge is -2.35. The number of carbonyl (C=O) groups excluding carboxylic acids is 1. The van der Waals surface area contributed by atoms with Crippen LogP contribution >= 0.6 is 11.6 Å². The molecular weight excluding hydrogens is 438 g/mol. The van der Waals surface area contributed by atoms with Gasteiger partial charge in [-0.15, -0.1) is 0 Å². The average Bonchev–Trinajstić information content (AvgIpc) is 2.76. The molecule has 0 atom stereocenters. The van der Waals surface area contributed by atoms with E-state index < -0.39 is 10.0 Å². The molecule has 0 unspecified atom stereocenters. The van der Waals surface area contributed by atoms with Gasteiger partial charge in [-0.25, -0.2) is 8.42 Å². The van der Waals surface area contributed by atoms with Crippen LogP contribution in [-0.4, -0.2) is 63.7 Å². The van der Waals surface area contributed by atoms with Crippen molar-refractivity contribution in [1.29, 1.82) is 0 Å². The third kappa shape index (κ3) is 6.59.